The van der Waals surface area contributed by atoms with Gasteiger partial charge in [0.05, 0.1) is 16.6 Å². The summed E-state index contributed by atoms with van der Waals surface area (Å²) in [4.78, 5) is 18.3. The van der Waals surface area contributed by atoms with Crippen molar-refractivity contribution in [2.24, 2.45) is 0 Å². The molecule has 6 heteroatoms. The maximum atomic E-state index is 12.5. The molecule has 144 valence electrons. The summed E-state index contributed by atoms with van der Waals surface area (Å²) in [5, 5.41) is 10.3. The number of benzene rings is 2. The van der Waals surface area contributed by atoms with Crippen LogP contribution in [0.25, 0.3) is 10.6 Å². The highest BCUT2D eigenvalue weighted by molar-refractivity contribution is 7.15. The maximum absolute atomic E-state index is 12.5. The largest absolute Gasteiger partial charge is 0.330 e. The molecule has 0 fully saturated rings. The van der Waals surface area contributed by atoms with Gasteiger partial charge < -0.3 is 16.0 Å². The molecule has 28 heavy (non-hydrogen) atoms. The second-order valence-electron chi connectivity index (χ2n) is 7.07. The second kappa shape index (κ2) is 8.12. The van der Waals surface area contributed by atoms with Crippen LogP contribution in [0, 0.1) is 6.92 Å². The number of fused-ring (bicyclic) bond motifs is 1. The molecule has 2 aromatic carbocycles. The van der Waals surface area contributed by atoms with E-state index in [2.05, 4.69) is 45.2 Å². The van der Waals surface area contributed by atoms with Gasteiger partial charge in [-0.1, -0.05) is 36.4 Å². The zero-order valence-electron chi connectivity index (χ0n) is 16.1. The van der Waals surface area contributed by atoms with Gasteiger partial charge in [-0.15, -0.1) is 11.3 Å². The van der Waals surface area contributed by atoms with Gasteiger partial charge in [0.25, 0.3) is 0 Å². The van der Waals surface area contributed by atoms with Crippen LogP contribution in [-0.2, 0) is 13.0 Å². The number of aryl methyl sites for hydroxylation is 1. The van der Waals surface area contributed by atoms with E-state index in [1.807, 2.05) is 38.1 Å². The van der Waals surface area contributed by atoms with E-state index >= 15 is 0 Å². The topological polar surface area (TPSA) is 66.0 Å². The number of carbonyl (C=O) groups excluding carboxylic acids is 1. The van der Waals surface area contributed by atoms with E-state index < -0.39 is 0 Å². The Bertz CT molecular complexity index is 983. The zero-order chi connectivity index (χ0) is 19.5. The number of amides is 2. The first-order chi connectivity index (χ1) is 13.6. The molecule has 1 aliphatic rings. The molecule has 3 N–H and O–H groups in total. The van der Waals surface area contributed by atoms with Gasteiger partial charge in [-0.05, 0) is 50.1 Å². The summed E-state index contributed by atoms with van der Waals surface area (Å²) in [7, 11) is 0. The Morgan fingerprint density at radius 1 is 1.18 bits per heavy atom. The molecule has 1 aliphatic heterocycles. The lowest BCUT2D eigenvalue weighted by molar-refractivity contribution is 0.249. The molecule has 0 saturated carbocycles. The monoisotopic (exact) mass is 392 g/mol. The van der Waals surface area contributed by atoms with Gasteiger partial charge in [0.1, 0.15) is 5.01 Å². The molecule has 0 saturated heterocycles. The van der Waals surface area contributed by atoms with Crippen LogP contribution in [0.2, 0.25) is 0 Å². The fourth-order valence-electron chi connectivity index (χ4n) is 3.50. The van der Waals surface area contributed by atoms with Crippen LogP contribution in [-0.4, -0.2) is 17.6 Å². The van der Waals surface area contributed by atoms with Crippen molar-refractivity contribution in [3.63, 3.8) is 0 Å². The summed E-state index contributed by atoms with van der Waals surface area (Å²) < 4.78 is 0. The number of anilines is 1. The van der Waals surface area contributed by atoms with Crippen LogP contribution in [0.3, 0.4) is 0 Å². The van der Waals surface area contributed by atoms with Gasteiger partial charge in [-0.25, -0.2) is 9.78 Å². The number of rotatable bonds is 4. The standard InChI is InChI=1S/C22H24N4OS/c1-14-20(28-21(24-14)17-6-4-3-5-7-17)15(2)25-22(27)26-19-9-8-16-10-11-23-13-18(16)12-19/h3-9,12,15,23H,10-11,13H2,1-2H3,(H2,25,26,27). The quantitative estimate of drug-likeness (QED) is 0.606. The van der Waals surface area contributed by atoms with E-state index in [9.17, 15) is 4.79 Å². The molecule has 1 aromatic heterocycles. The molecule has 1 unspecified atom stereocenters. The van der Waals surface area contributed by atoms with Crippen LogP contribution >= 0.6 is 11.3 Å². The highest BCUT2D eigenvalue weighted by Crippen LogP contribution is 2.31. The van der Waals surface area contributed by atoms with Crippen molar-refractivity contribution in [1.82, 2.24) is 15.6 Å². The second-order valence-corrected chi connectivity index (χ2v) is 8.10. The van der Waals surface area contributed by atoms with E-state index in [1.165, 1.54) is 11.1 Å². The number of nitrogens with one attached hydrogen (secondary N) is 3. The van der Waals surface area contributed by atoms with Crippen molar-refractivity contribution in [2.45, 2.75) is 32.9 Å². The molecule has 0 spiro atoms. The average molecular weight is 393 g/mol. The van der Waals surface area contributed by atoms with E-state index in [0.29, 0.717) is 0 Å². The number of nitrogens with zero attached hydrogens (tertiary/aromatic N) is 1. The third-order valence-corrected chi connectivity index (χ3v) is 6.33. The van der Waals surface area contributed by atoms with E-state index in [1.54, 1.807) is 11.3 Å². The Hall–Kier alpha value is -2.70. The van der Waals surface area contributed by atoms with Crippen molar-refractivity contribution in [1.29, 1.82) is 0 Å². The molecule has 0 radical (unpaired) electrons. The summed E-state index contributed by atoms with van der Waals surface area (Å²) in [5.74, 6) is 0. The first-order valence-corrected chi connectivity index (χ1v) is 10.3. The van der Waals surface area contributed by atoms with Crippen LogP contribution in [0.15, 0.2) is 48.5 Å². The molecule has 2 amide bonds. The molecular formula is C22H24N4OS. The Balaban J connectivity index is 1.43. The molecule has 2 heterocycles. The summed E-state index contributed by atoms with van der Waals surface area (Å²) >= 11 is 1.63. The van der Waals surface area contributed by atoms with Crippen molar-refractivity contribution in [3.05, 3.63) is 70.2 Å². The van der Waals surface area contributed by atoms with Crippen LogP contribution in [0.1, 0.15) is 34.7 Å². The van der Waals surface area contributed by atoms with E-state index in [0.717, 1.165) is 46.3 Å². The van der Waals surface area contributed by atoms with E-state index in [-0.39, 0.29) is 12.1 Å². The third-order valence-electron chi connectivity index (χ3n) is 4.94. The molecule has 5 nitrogen and oxygen atoms in total. The summed E-state index contributed by atoms with van der Waals surface area (Å²) in [6.45, 7) is 5.85. The molecule has 1 atom stereocenters. The smallest absolute Gasteiger partial charge is 0.319 e. The predicted octanol–water partition coefficient (Wildman–Crippen LogP) is 4.65. The van der Waals surface area contributed by atoms with Crippen LogP contribution in [0.4, 0.5) is 10.5 Å². The minimum atomic E-state index is -0.203. The number of carbonyl (C=O) groups is 1. The van der Waals surface area contributed by atoms with Gasteiger partial charge in [0.2, 0.25) is 0 Å². The lowest BCUT2D eigenvalue weighted by atomic mass is 10.0. The lowest BCUT2D eigenvalue weighted by Gasteiger charge is -2.19. The minimum Gasteiger partial charge on any atom is -0.330 e. The van der Waals surface area contributed by atoms with Crippen molar-refractivity contribution < 1.29 is 4.79 Å². The summed E-state index contributed by atoms with van der Waals surface area (Å²) in [6.07, 6.45) is 1.03. The zero-order valence-corrected chi connectivity index (χ0v) is 16.9. The lowest BCUT2D eigenvalue weighted by Crippen LogP contribution is -2.31. The first-order valence-electron chi connectivity index (χ1n) is 9.53. The first kappa shape index (κ1) is 18.7. The van der Waals surface area contributed by atoms with Gasteiger partial charge in [0, 0.05) is 17.8 Å². The van der Waals surface area contributed by atoms with Gasteiger partial charge in [0.15, 0.2) is 0 Å². The normalized spacial score (nSPS) is 14.2. The summed E-state index contributed by atoms with van der Waals surface area (Å²) in [6, 6.07) is 15.9. The minimum absolute atomic E-state index is 0.116. The Morgan fingerprint density at radius 2 is 2.00 bits per heavy atom. The number of hydrogen-bond donors (Lipinski definition) is 3. The molecule has 0 bridgehead atoms. The maximum Gasteiger partial charge on any atom is 0.319 e. The average Bonchev–Trinajstić information content (AvgIpc) is 3.10. The fourth-order valence-corrected chi connectivity index (χ4v) is 4.58. The van der Waals surface area contributed by atoms with Crippen molar-refractivity contribution in [2.75, 3.05) is 11.9 Å². The van der Waals surface area contributed by atoms with Crippen molar-refractivity contribution in [3.8, 4) is 10.6 Å². The van der Waals surface area contributed by atoms with Crippen molar-refractivity contribution >= 4 is 23.1 Å². The van der Waals surface area contributed by atoms with E-state index in [4.69, 9.17) is 0 Å². The predicted molar refractivity (Wildman–Crippen MR) is 115 cm³/mol. The fraction of sp³-hybridized carbons (Fsp3) is 0.273. The Labute approximate surface area is 169 Å². The van der Waals surface area contributed by atoms with Crippen LogP contribution in [0.5, 0.6) is 0 Å². The molecular weight excluding hydrogens is 368 g/mol. The van der Waals surface area contributed by atoms with Gasteiger partial charge >= 0.3 is 6.03 Å². The SMILES string of the molecule is Cc1nc(-c2ccccc2)sc1C(C)NC(=O)Nc1ccc2c(c1)CNCC2. The number of urea groups is 1. The number of aromatic nitrogens is 1. The van der Waals surface area contributed by atoms with Gasteiger partial charge in [-0.2, -0.15) is 0 Å². The Morgan fingerprint density at radius 3 is 2.82 bits per heavy atom. The van der Waals surface area contributed by atoms with Crippen LogP contribution < -0.4 is 16.0 Å². The highest BCUT2D eigenvalue weighted by Gasteiger charge is 2.17. The number of hydrogen-bond acceptors (Lipinski definition) is 4. The Kier molecular flexibility index (Phi) is 5.41. The molecule has 0 aliphatic carbocycles. The molecule has 3 aromatic rings. The highest BCUT2D eigenvalue weighted by atomic mass is 32.1. The molecule has 4 rings (SSSR count). The third kappa shape index (κ3) is 4.08. The van der Waals surface area contributed by atoms with Gasteiger partial charge in [-0.3, -0.25) is 0 Å². The number of thiazole rings is 1. The summed E-state index contributed by atoms with van der Waals surface area (Å²) in [5.41, 5.74) is 5.48.